The summed E-state index contributed by atoms with van der Waals surface area (Å²) in [6, 6.07) is 0.656. The van der Waals surface area contributed by atoms with Crippen LogP contribution in [0.3, 0.4) is 0 Å². The zero-order chi connectivity index (χ0) is 11.6. The second-order valence-corrected chi connectivity index (χ2v) is 5.71. The van der Waals surface area contributed by atoms with Crippen LogP contribution < -0.4 is 5.32 Å². The Bertz CT molecular complexity index is 259. The Kier molecular flexibility index (Phi) is 3.70. The third kappa shape index (κ3) is 2.05. The highest BCUT2D eigenvalue weighted by molar-refractivity contribution is 5.10. The molecule has 0 aromatic rings. The van der Waals surface area contributed by atoms with Gasteiger partial charge in [-0.2, -0.15) is 0 Å². The highest BCUT2D eigenvalue weighted by Gasteiger charge is 2.57. The van der Waals surface area contributed by atoms with E-state index in [0.29, 0.717) is 17.6 Å². The van der Waals surface area contributed by atoms with Gasteiger partial charge in [0.25, 0.3) is 0 Å². The van der Waals surface area contributed by atoms with Crippen LogP contribution >= 0.6 is 0 Å². The fourth-order valence-corrected chi connectivity index (χ4v) is 3.43. The molecular formula is C14H25NO. The van der Waals surface area contributed by atoms with Gasteiger partial charge in [0.15, 0.2) is 0 Å². The molecule has 2 aliphatic rings. The van der Waals surface area contributed by atoms with E-state index >= 15 is 0 Å². The van der Waals surface area contributed by atoms with Crippen LogP contribution in [0.15, 0.2) is 12.2 Å². The van der Waals surface area contributed by atoms with Crippen molar-refractivity contribution in [3.63, 3.8) is 0 Å². The summed E-state index contributed by atoms with van der Waals surface area (Å²) in [5.41, 5.74) is 0.320. The van der Waals surface area contributed by atoms with Crippen molar-refractivity contribution >= 4 is 0 Å². The van der Waals surface area contributed by atoms with Crippen LogP contribution in [0.1, 0.15) is 40.0 Å². The molecule has 1 N–H and O–H groups in total. The largest absolute Gasteiger partial charge is 0.377 e. The van der Waals surface area contributed by atoms with E-state index in [1.165, 1.54) is 12.8 Å². The summed E-state index contributed by atoms with van der Waals surface area (Å²) in [4.78, 5) is 0. The SMILES string of the molecule is C/C=C/CCNC1C2CCCOC2C1(C)C. The number of hydrogen-bond acceptors (Lipinski definition) is 2. The Morgan fingerprint density at radius 3 is 3.00 bits per heavy atom. The van der Waals surface area contributed by atoms with E-state index in [9.17, 15) is 0 Å². The maximum atomic E-state index is 5.90. The van der Waals surface area contributed by atoms with Gasteiger partial charge in [-0.3, -0.25) is 0 Å². The van der Waals surface area contributed by atoms with Crippen LogP contribution in [0, 0.1) is 11.3 Å². The van der Waals surface area contributed by atoms with Crippen LogP contribution in [0.5, 0.6) is 0 Å². The normalized spacial score (nSPS) is 37.1. The molecule has 0 bridgehead atoms. The van der Waals surface area contributed by atoms with Gasteiger partial charge in [0, 0.05) is 24.0 Å². The minimum absolute atomic E-state index is 0.320. The molecule has 3 atom stereocenters. The van der Waals surface area contributed by atoms with E-state index in [-0.39, 0.29) is 0 Å². The molecule has 0 aromatic carbocycles. The summed E-state index contributed by atoms with van der Waals surface area (Å²) in [6.45, 7) is 8.83. The Hall–Kier alpha value is -0.340. The number of allylic oxidation sites excluding steroid dienone is 1. The van der Waals surface area contributed by atoms with E-state index in [1.54, 1.807) is 0 Å². The van der Waals surface area contributed by atoms with Crippen LogP contribution in [0.25, 0.3) is 0 Å². The van der Waals surface area contributed by atoms with E-state index < -0.39 is 0 Å². The lowest BCUT2D eigenvalue weighted by atomic mass is 9.55. The highest BCUT2D eigenvalue weighted by atomic mass is 16.5. The lowest BCUT2D eigenvalue weighted by molar-refractivity contribution is -0.192. The topological polar surface area (TPSA) is 21.3 Å². The average Bonchev–Trinajstić information content (AvgIpc) is 2.29. The molecule has 2 fully saturated rings. The molecule has 0 aromatic heterocycles. The monoisotopic (exact) mass is 223 g/mol. The first-order valence-electron chi connectivity index (χ1n) is 6.64. The van der Waals surface area contributed by atoms with Crippen LogP contribution in [-0.4, -0.2) is 25.3 Å². The fraction of sp³-hybridized carbons (Fsp3) is 0.857. The van der Waals surface area contributed by atoms with Crippen molar-refractivity contribution in [3.05, 3.63) is 12.2 Å². The molecule has 0 radical (unpaired) electrons. The lowest BCUT2D eigenvalue weighted by Gasteiger charge is -2.60. The zero-order valence-electron chi connectivity index (χ0n) is 10.8. The molecule has 1 aliphatic carbocycles. The Labute approximate surface area is 99.4 Å². The molecule has 0 spiro atoms. The first-order chi connectivity index (χ1) is 7.68. The molecule has 16 heavy (non-hydrogen) atoms. The minimum Gasteiger partial charge on any atom is -0.377 e. The molecule has 2 heteroatoms. The lowest BCUT2D eigenvalue weighted by Crippen LogP contribution is -2.69. The smallest absolute Gasteiger partial charge is 0.0684 e. The number of ether oxygens (including phenoxy) is 1. The molecule has 1 aliphatic heterocycles. The molecule has 92 valence electrons. The summed E-state index contributed by atoms with van der Waals surface area (Å²) in [6.07, 6.45) is 8.58. The van der Waals surface area contributed by atoms with Gasteiger partial charge in [-0.15, -0.1) is 0 Å². The third-order valence-electron chi connectivity index (χ3n) is 4.24. The van der Waals surface area contributed by atoms with Crippen LogP contribution in [0.2, 0.25) is 0 Å². The van der Waals surface area contributed by atoms with Crippen molar-refractivity contribution in [1.29, 1.82) is 0 Å². The second kappa shape index (κ2) is 4.89. The number of hydrogen-bond donors (Lipinski definition) is 1. The van der Waals surface area contributed by atoms with Gasteiger partial charge < -0.3 is 10.1 Å². The van der Waals surface area contributed by atoms with Gasteiger partial charge in [-0.25, -0.2) is 0 Å². The summed E-state index contributed by atoms with van der Waals surface area (Å²) in [5, 5.41) is 3.71. The number of rotatable bonds is 4. The standard InChI is InChI=1S/C14H25NO/c1-4-5-6-9-15-12-11-8-7-10-16-13(11)14(12,2)3/h4-5,11-13,15H,6-10H2,1-3H3/b5-4+. The van der Waals surface area contributed by atoms with E-state index in [2.05, 4.69) is 38.2 Å². The van der Waals surface area contributed by atoms with Gasteiger partial charge in [0.05, 0.1) is 6.10 Å². The van der Waals surface area contributed by atoms with E-state index in [0.717, 1.165) is 25.5 Å². The Morgan fingerprint density at radius 1 is 1.44 bits per heavy atom. The van der Waals surface area contributed by atoms with Gasteiger partial charge in [0.2, 0.25) is 0 Å². The van der Waals surface area contributed by atoms with Gasteiger partial charge in [-0.1, -0.05) is 26.0 Å². The molecule has 1 saturated heterocycles. The van der Waals surface area contributed by atoms with Crippen molar-refractivity contribution in [1.82, 2.24) is 5.32 Å². The quantitative estimate of drug-likeness (QED) is 0.584. The van der Waals surface area contributed by atoms with Crippen molar-refractivity contribution < 1.29 is 4.74 Å². The summed E-state index contributed by atoms with van der Waals surface area (Å²) < 4.78 is 5.90. The van der Waals surface area contributed by atoms with Crippen LogP contribution in [-0.2, 0) is 4.74 Å². The van der Waals surface area contributed by atoms with Gasteiger partial charge >= 0.3 is 0 Å². The third-order valence-corrected chi connectivity index (χ3v) is 4.24. The summed E-state index contributed by atoms with van der Waals surface area (Å²) in [7, 11) is 0. The first kappa shape index (κ1) is 12.1. The molecule has 2 nitrogen and oxygen atoms in total. The summed E-state index contributed by atoms with van der Waals surface area (Å²) in [5.74, 6) is 0.759. The predicted molar refractivity (Wildman–Crippen MR) is 67.5 cm³/mol. The Morgan fingerprint density at radius 2 is 2.25 bits per heavy atom. The number of fused-ring (bicyclic) bond motifs is 1. The van der Waals surface area contributed by atoms with E-state index in [4.69, 9.17) is 4.74 Å². The Balaban J connectivity index is 1.84. The van der Waals surface area contributed by atoms with Gasteiger partial charge in [0.1, 0.15) is 0 Å². The highest BCUT2D eigenvalue weighted by Crippen LogP contribution is 2.51. The second-order valence-electron chi connectivity index (χ2n) is 5.71. The van der Waals surface area contributed by atoms with Crippen molar-refractivity contribution in [2.75, 3.05) is 13.2 Å². The molecule has 2 rings (SSSR count). The molecular weight excluding hydrogens is 198 g/mol. The molecule has 3 unspecified atom stereocenters. The van der Waals surface area contributed by atoms with Crippen LogP contribution in [0.4, 0.5) is 0 Å². The van der Waals surface area contributed by atoms with Crippen molar-refractivity contribution in [3.8, 4) is 0 Å². The first-order valence-corrected chi connectivity index (χ1v) is 6.64. The minimum atomic E-state index is 0.320. The van der Waals surface area contributed by atoms with Crippen molar-refractivity contribution in [2.24, 2.45) is 11.3 Å². The zero-order valence-corrected chi connectivity index (χ0v) is 10.8. The van der Waals surface area contributed by atoms with E-state index in [1.807, 2.05) is 0 Å². The average molecular weight is 223 g/mol. The van der Waals surface area contributed by atoms with Gasteiger partial charge in [-0.05, 0) is 32.7 Å². The predicted octanol–water partition coefficient (Wildman–Crippen LogP) is 2.75. The molecule has 0 amide bonds. The van der Waals surface area contributed by atoms with Crippen molar-refractivity contribution in [2.45, 2.75) is 52.2 Å². The molecule has 1 heterocycles. The molecule has 1 saturated carbocycles. The maximum absolute atomic E-state index is 5.90. The summed E-state index contributed by atoms with van der Waals surface area (Å²) >= 11 is 0. The number of nitrogens with one attached hydrogen (secondary N) is 1. The maximum Gasteiger partial charge on any atom is 0.0684 e. The fourth-order valence-electron chi connectivity index (χ4n) is 3.43.